The van der Waals surface area contributed by atoms with Gasteiger partial charge in [0.25, 0.3) is 5.91 Å². The van der Waals surface area contributed by atoms with Crippen LogP contribution in [0.5, 0.6) is 0 Å². The summed E-state index contributed by atoms with van der Waals surface area (Å²) < 4.78 is 1.66. The minimum Gasteiger partial charge on any atom is -0.307 e. The first-order valence-electron chi connectivity index (χ1n) is 5.67. The molecule has 0 aliphatic heterocycles. The highest BCUT2D eigenvalue weighted by molar-refractivity contribution is 9.11. The van der Waals surface area contributed by atoms with Crippen LogP contribution in [0.4, 0.5) is 5.82 Å². The minimum atomic E-state index is -0.183. The van der Waals surface area contributed by atoms with Gasteiger partial charge in [-0.05, 0) is 65.7 Å². The van der Waals surface area contributed by atoms with E-state index in [9.17, 15) is 4.79 Å². The van der Waals surface area contributed by atoms with Gasteiger partial charge in [-0.3, -0.25) is 4.79 Å². The topological polar surface area (TPSA) is 42.0 Å². The fourth-order valence-electron chi connectivity index (χ4n) is 1.76. The summed E-state index contributed by atoms with van der Waals surface area (Å²) in [7, 11) is 0. The monoisotopic (exact) mass is 382 g/mol. The zero-order valence-electron chi connectivity index (χ0n) is 10.5. The van der Waals surface area contributed by atoms with E-state index in [0.29, 0.717) is 11.4 Å². The highest BCUT2D eigenvalue weighted by atomic mass is 79.9. The predicted molar refractivity (Wildman–Crippen MR) is 83.5 cm³/mol. The van der Waals surface area contributed by atoms with Gasteiger partial charge in [-0.1, -0.05) is 15.9 Å². The molecule has 0 saturated carbocycles. The Bertz CT molecular complexity index is 621. The molecule has 0 fully saturated rings. The van der Waals surface area contributed by atoms with E-state index in [1.165, 1.54) is 0 Å². The maximum Gasteiger partial charge on any atom is 0.257 e. The van der Waals surface area contributed by atoms with Crippen LogP contribution < -0.4 is 5.32 Å². The molecule has 0 saturated heterocycles. The average Bonchev–Trinajstić information content (AvgIpc) is 2.26. The van der Waals surface area contributed by atoms with Crippen molar-refractivity contribution in [2.75, 3.05) is 5.32 Å². The molecule has 19 heavy (non-hydrogen) atoms. The summed E-state index contributed by atoms with van der Waals surface area (Å²) in [5.41, 5.74) is 2.52. The Labute approximate surface area is 128 Å². The molecular formula is C14H12Br2N2O. The Balaban J connectivity index is 2.25. The van der Waals surface area contributed by atoms with Crippen molar-refractivity contribution in [2.45, 2.75) is 13.8 Å². The highest BCUT2D eigenvalue weighted by Gasteiger charge is 2.11. The van der Waals surface area contributed by atoms with Gasteiger partial charge < -0.3 is 5.32 Å². The number of halogens is 2. The Morgan fingerprint density at radius 1 is 1.16 bits per heavy atom. The SMILES string of the molecule is Cc1cc(C)nc(NC(=O)c2ccc(Br)cc2Br)c1. The molecule has 3 nitrogen and oxygen atoms in total. The largest absolute Gasteiger partial charge is 0.307 e. The predicted octanol–water partition coefficient (Wildman–Crippen LogP) is 4.48. The van der Waals surface area contributed by atoms with Gasteiger partial charge >= 0.3 is 0 Å². The Hall–Kier alpha value is -1.20. The van der Waals surface area contributed by atoms with Gasteiger partial charge in [0.15, 0.2) is 0 Å². The first kappa shape index (κ1) is 14.2. The standard InChI is InChI=1S/C14H12Br2N2O/c1-8-5-9(2)17-13(6-8)18-14(19)11-4-3-10(15)7-12(11)16/h3-7H,1-2H3,(H,17,18,19). The van der Waals surface area contributed by atoms with Crippen molar-refractivity contribution in [3.05, 3.63) is 56.1 Å². The molecule has 1 aromatic heterocycles. The summed E-state index contributed by atoms with van der Waals surface area (Å²) in [4.78, 5) is 16.5. The molecule has 0 radical (unpaired) electrons. The van der Waals surface area contributed by atoms with Crippen LogP contribution in [0.25, 0.3) is 0 Å². The lowest BCUT2D eigenvalue weighted by Crippen LogP contribution is -2.14. The van der Waals surface area contributed by atoms with Gasteiger partial charge in [0.1, 0.15) is 5.82 Å². The van der Waals surface area contributed by atoms with Gasteiger partial charge in [-0.25, -0.2) is 4.98 Å². The molecule has 2 aromatic rings. The third-order valence-corrected chi connectivity index (χ3v) is 3.66. The molecule has 98 valence electrons. The van der Waals surface area contributed by atoms with E-state index in [1.54, 1.807) is 6.07 Å². The summed E-state index contributed by atoms with van der Waals surface area (Å²) in [5.74, 6) is 0.384. The maximum atomic E-state index is 12.2. The number of carbonyl (C=O) groups excluding carboxylic acids is 1. The molecule has 1 amide bonds. The fourth-order valence-corrected chi connectivity index (χ4v) is 2.99. The van der Waals surface area contributed by atoms with Gasteiger partial charge in [0, 0.05) is 14.6 Å². The summed E-state index contributed by atoms with van der Waals surface area (Å²) >= 11 is 6.74. The average molecular weight is 384 g/mol. The van der Waals surface area contributed by atoms with Crippen molar-refractivity contribution in [1.29, 1.82) is 0 Å². The van der Waals surface area contributed by atoms with Gasteiger partial charge in [-0.15, -0.1) is 0 Å². The number of hydrogen-bond donors (Lipinski definition) is 1. The van der Waals surface area contributed by atoms with Crippen LogP contribution in [0.15, 0.2) is 39.3 Å². The van der Waals surface area contributed by atoms with E-state index in [4.69, 9.17) is 0 Å². The Kier molecular flexibility index (Phi) is 4.37. The van der Waals surface area contributed by atoms with Crippen molar-refractivity contribution in [2.24, 2.45) is 0 Å². The molecule has 2 rings (SSSR count). The second kappa shape index (κ2) is 5.84. The lowest BCUT2D eigenvalue weighted by atomic mass is 10.2. The Morgan fingerprint density at radius 2 is 1.89 bits per heavy atom. The Morgan fingerprint density at radius 3 is 2.53 bits per heavy atom. The molecular weight excluding hydrogens is 372 g/mol. The van der Waals surface area contributed by atoms with E-state index < -0.39 is 0 Å². The molecule has 0 unspecified atom stereocenters. The maximum absolute atomic E-state index is 12.2. The summed E-state index contributed by atoms with van der Waals surface area (Å²) in [6.07, 6.45) is 0. The number of carbonyl (C=O) groups is 1. The van der Waals surface area contributed by atoms with E-state index in [0.717, 1.165) is 20.2 Å². The van der Waals surface area contributed by atoms with E-state index >= 15 is 0 Å². The van der Waals surface area contributed by atoms with E-state index in [2.05, 4.69) is 42.2 Å². The van der Waals surface area contributed by atoms with Gasteiger partial charge in [-0.2, -0.15) is 0 Å². The normalized spacial score (nSPS) is 10.3. The molecule has 0 bridgehead atoms. The molecule has 5 heteroatoms. The van der Waals surface area contributed by atoms with Crippen LogP contribution in [0.1, 0.15) is 21.6 Å². The van der Waals surface area contributed by atoms with Crippen LogP contribution in [-0.2, 0) is 0 Å². The molecule has 0 atom stereocenters. The van der Waals surface area contributed by atoms with Crippen molar-refractivity contribution >= 4 is 43.6 Å². The van der Waals surface area contributed by atoms with Crippen LogP contribution in [0.2, 0.25) is 0 Å². The lowest BCUT2D eigenvalue weighted by Gasteiger charge is -2.08. The molecule has 0 aliphatic carbocycles. The first-order valence-corrected chi connectivity index (χ1v) is 7.26. The number of nitrogens with one attached hydrogen (secondary N) is 1. The third kappa shape index (κ3) is 3.64. The molecule has 1 N–H and O–H groups in total. The zero-order chi connectivity index (χ0) is 14.0. The zero-order valence-corrected chi connectivity index (χ0v) is 13.7. The third-order valence-electron chi connectivity index (χ3n) is 2.52. The van der Waals surface area contributed by atoms with E-state index in [-0.39, 0.29) is 5.91 Å². The van der Waals surface area contributed by atoms with Gasteiger partial charge in [0.05, 0.1) is 5.56 Å². The number of aryl methyl sites for hydroxylation is 2. The fraction of sp³-hybridized carbons (Fsp3) is 0.143. The van der Waals surface area contributed by atoms with Crippen LogP contribution in [0.3, 0.4) is 0 Å². The number of hydrogen-bond acceptors (Lipinski definition) is 2. The number of aromatic nitrogens is 1. The van der Waals surface area contributed by atoms with Crippen molar-refractivity contribution < 1.29 is 4.79 Å². The number of anilines is 1. The molecule has 0 spiro atoms. The van der Waals surface area contributed by atoms with Crippen LogP contribution in [-0.4, -0.2) is 10.9 Å². The van der Waals surface area contributed by atoms with Crippen molar-refractivity contribution in [3.8, 4) is 0 Å². The number of amides is 1. The smallest absolute Gasteiger partial charge is 0.257 e. The number of pyridine rings is 1. The second-order valence-electron chi connectivity index (χ2n) is 4.25. The van der Waals surface area contributed by atoms with Crippen LogP contribution in [0, 0.1) is 13.8 Å². The number of nitrogens with zero attached hydrogens (tertiary/aromatic N) is 1. The number of rotatable bonds is 2. The minimum absolute atomic E-state index is 0.183. The lowest BCUT2D eigenvalue weighted by molar-refractivity contribution is 0.102. The molecule has 1 heterocycles. The van der Waals surface area contributed by atoms with Crippen molar-refractivity contribution in [3.63, 3.8) is 0 Å². The molecule has 0 aliphatic rings. The summed E-state index contributed by atoms with van der Waals surface area (Å²) in [6, 6.07) is 9.23. The van der Waals surface area contributed by atoms with Crippen LogP contribution >= 0.6 is 31.9 Å². The highest BCUT2D eigenvalue weighted by Crippen LogP contribution is 2.22. The number of benzene rings is 1. The first-order chi connectivity index (χ1) is 8.95. The van der Waals surface area contributed by atoms with Crippen molar-refractivity contribution in [1.82, 2.24) is 4.98 Å². The van der Waals surface area contributed by atoms with Gasteiger partial charge in [0.2, 0.25) is 0 Å². The summed E-state index contributed by atoms with van der Waals surface area (Å²) in [5, 5.41) is 2.80. The quantitative estimate of drug-likeness (QED) is 0.830. The molecule has 1 aromatic carbocycles. The van der Waals surface area contributed by atoms with E-state index in [1.807, 2.05) is 38.1 Å². The second-order valence-corrected chi connectivity index (χ2v) is 6.02. The summed E-state index contributed by atoms with van der Waals surface area (Å²) in [6.45, 7) is 3.87.